The lowest BCUT2D eigenvalue weighted by molar-refractivity contribution is -0.126. The van der Waals surface area contributed by atoms with Crippen LogP contribution < -0.4 is 15.4 Å². The van der Waals surface area contributed by atoms with E-state index in [0.717, 1.165) is 0 Å². The lowest BCUT2D eigenvalue weighted by Gasteiger charge is -2.31. The predicted molar refractivity (Wildman–Crippen MR) is 115 cm³/mol. The van der Waals surface area contributed by atoms with Crippen molar-refractivity contribution in [3.63, 3.8) is 0 Å². The lowest BCUT2D eigenvalue weighted by Crippen LogP contribution is -2.45. The lowest BCUT2D eigenvalue weighted by atomic mass is 9.99. The third kappa shape index (κ3) is 6.02. The minimum atomic E-state index is -3.69. The molecule has 1 aliphatic heterocycles. The van der Waals surface area contributed by atoms with Gasteiger partial charge in [0.2, 0.25) is 21.8 Å². The molecule has 2 amide bonds. The normalized spacial score (nSPS) is 17.0. The molecule has 166 valence electrons. The molecule has 0 radical (unpaired) electrons. The zero-order chi connectivity index (χ0) is 22.3. The second-order valence-electron chi connectivity index (χ2n) is 7.21. The van der Waals surface area contributed by atoms with Gasteiger partial charge in [-0.3, -0.25) is 14.6 Å². The molecule has 9 nitrogen and oxygen atoms in total. The van der Waals surface area contributed by atoms with E-state index in [1.54, 1.807) is 30.5 Å². The maximum Gasteiger partial charge on any atom is 0.243 e. The van der Waals surface area contributed by atoms with Gasteiger partial charge in [-0.15, -0.1) is 0 Å². The predicted octanol–water partition coefficient (Wildman–Crippen LogP) is 1.64. The van der Waals surface area contributed by atoms with Crippen LogP contribution in [0.1, 0.15) is 19.3 Å². The van der Waals surface area contributed by atoms with Crippen molar-refractivity contribution in [1.82, 2.24) is 14.6 Å². The smallest absolute Gasteiger partial charge is 0.243 e. The Morgan fingerprint density at radius 2 is 2.00 bits per heavy atom. The highest BCUT2D eigenvalue weighted by Gasteiger charge is 2.33. The molecule has 0 bridgehead atoms. The Hall–Kier alpha value is -2.98. The van der Waals surface area contributed by atoms with Crippen LogP contribution in [0.15, 0.2) is 53.7 Å². The summed E-state index contributed by atoms with van der Waals surface area (Å²) in [5, 5.41) is 5.44. The zero-order valence-electron chi connectivity index (χ0n) is 17.3. The number of pyridine rings is 1. The summed E-state index contributed by atoms with van der Waals surface area (Å²) in [6.45, 7) is 0.653. The van der Waals surface area contributed by atoms with Gasteiger partial charge >= 0.3 is 0 Å². The van der Waals surface area contributed by atoms with Crippen LogP contribution in [0.3, 0.4) is 0 Å². The molecule has 2 aromatic rings. The molecule has 1 aromatic carbocycles. The average molecular weight is 447 g/mol. The zero-order valence-corrected chi connectivity index (χ0v) is 18.1. The number of rotatable bonds is 8. The van der Waals surface area contributed by atoms with Crippen LogP contribution >= 0.6 is 0 Å². The Morgan fingerprint density at radius 1 is 1.23 bits per heavy atom. The van der Waals surface area contributed by atoms with E-state index < -0.39 is 15.9 Å². The number of aromatic nitrogens is 1. The van der Waals surface area contributed by atoms with E-state index in [9.17, 15) is 18.0 Å². The number of benzene rings is 1. The molecule has 1 unspecified atom stereocenters. The fraction of sp³-hybridized carbons (Fsp3) is 0.381. The van der Waals surface area contributed by atoms with Crippen LogP contribution in [0.5, 0.6) is 5.75 Å². The number of piperidine rings is 1. The summed E-state index contributed by atoms with van der Waals surface area (Å²) in [5.41, 5.74) is 0.588. The van der Waals surface area contributed by atoms with Crippen molar-refractivity contribution in [2.24, 2.45) is 5.92 Å². The van der Waals surface area contributed by atoms with Gasteiger partial charge in [-0.1, -0.05) is 0 Å². The summed E-state index contributed by atoms with van der Waals surface area (Å²) in [6.07, 6.45) is 4.45. The first-order valence-electron chi connectivity index (χ1n) is 10.0. The first-order valence-corrected chi connectivity index (χ1v) is 11.5. The highest BCUT2D eigenvalue weighted by Crippen LogP contribution is 2.25. The molecule has 0 aliphatic carbocycles. The summed E-state index contributed by atoms with van der Waals surface area (Å²) in [7, 11) is -2.18. The number of anilines is 1. The monoisotopic (exact) mass is 446 g/mol. The molecule has 10 heteroatoms. The molecule has 31 heavy (non-hydrogen) atoms. The van der Waals surface area contributed by atoms with Gasteiger partial charge in [-0.2, -0.15) is 4.31 Å². The number of nitrogens with zero attached hydrogens (tertiary/aromatic N) is 2. The number of hydrogen-bond donors (Lipinski definition) is 2. The summed E-state index contributed by atoms with van der Waals surface area (Å²) in [6, 6.07) is 9.63. The molecule has 0 spiro atoms. The Balaban J connectivity index is 1.51. The van der Waals surface area contributed by atoms with Gasteiger partial charge < -0.3 is 15.4 Å². The number of carbonyl (C=O) groups excluding carboxylic acids is 2. The van der Waals surface area contributed by atoms with Crippen LogP contribution in [-0.2, 0) is 19.6 Å². The molecule has 2 N–H and O–H groups in total. The maximum atomic E-state index is 12.9. The SMILES string of the molecule is COc1ccc(S(=O)(=O)N2CCCC(C(=O)NCCC(=O)Nc3cccnc3)C2)cc1. The quantitative estimate of drug-likeness (QED) is 0.637. The Labute approximate surface area is 181 Å². The van der Waals surface area contributed by atoms with Crippen LogP contribution in [0.4, 0.5) is 5.69 Å². The molecule has 1 aromatic heterocycles. The third-order valence-electron chi connectivity index (χ3n) is 5.05. The molecular formula is C21H26N4O5S. The molecular weight excluding hydrogens is 420 g/mol. The Kier molecular flexibility index (Phi) is 7.59. The van der Waals surface area contributed by atoms with Crippen molar-refractivity contribution in [3.05, 3.63) is 48.8 Å². The molecule has 2 heterocycles. The molecule has 1 aliphatic rings. The van der Waals surface area contributed by atoms with Gasteiger partial charge in [-0.25, -0.2) is 8.42 Å². The van der Waals surface area contributed by atoms with Crippen molar-refractivity contribution < 1.29 is 22.7 Å². The van der Waals surface area contributed by atoms with Crippen molar-refractivity contribution in [3.8, 4) is 5.75 Å². The number of nitrogens with one attached hydrogen (secondary N) is 2. The fourth-order valence-electron chi connectivity index (χ4n) is 3.38. The average Bonchev–Trinajstić information content (AvgIpc) is 2.79. The first-order chi connectivity index (χ1) is 14.9. The van der Waals surface area contributed by atoms with Crippen LogP contribution in [0.2, 0.25) is 0 Å². The van der Waals surface area contributed by atoms with Crippen molar-refractivity contribution in [2.75, 3.05) is 32.1 Å². The van der Waals surface area contributed by atoms with Gasteiger partial charge in [0.1, 0.15) is 5.75 Å². The number of methoxy groups -OCH3 is 1. The minimum absolute atomic E-state index is 0.112. The van der Waals surface area contributed by atoms with E-state index in [2.05, 4.69) is 15.6 Å². The molecule has 1 atom stereocenters. The first kappa shape index (κ1) is 22.7. The number of amides is 2. The van der Waals surface area contributed by atoms with E-state index in [0.29, 0.717) is 30.8 Å². The summed E-state index contributed by atoms with van der Waals surface area (Å²) >= 11 is 0. The van der Waals surface area contributed by atoms with E-state index >= 15 is 0 Å². The van der Waals surface area contributed by atoms with Gasteiger partial charge in [-0.05, 0) is 49.2 Å². The van der Waals surface area contributed by atoms with Crippen molar-refractivity contribution >= 4 is 27.5 Å². The van der Waals surface area contributed by atoms with Gasteiger partial charge in [0, 0.05) is 32.3 Å². The van der Waals surface area contributed by atoms with Crippen LogP contribution in [-0.4, -0.2) is 56.3 Å². The van der Waals surface area contributed by atoms with E-state index in [-0.39, 0.29) is 36.2 Å². The third-order valence-corrected chi connectivity index (χ3v) is 6.93. The standard InChI is InChI=1S/C21H26N4O5S/c1-30-18-6-8-19(9-7-18)31(28,29)25-13-3-4-16(15-25)21(27)23-12-10-20(26)24-17-5-2-11-22-14-17/h2,5-9,11,14,16H,3-4,10,12-13,15H2,1H3,(H,23,27)(H,24,26). The van der Waals surface area contributed by atoms with E-state index in [4.69, 9.17) is 4.74 Å². The molecule has 3 rings (SSSR count). The van der Waals surface area contributed by atoms with Gasteiger partial charge in [0.25, 0.3) is 0 Å². The number of hydrogen-bond acceptors (Lipinski definition) is 6. The van der Waals surface area contributed by atoms with Crippen molar-refractivity contribution in [2.45, 2.75) is 24.2 Å². The Morgan fingerprint density at radius 3 is 2.68 bits per heavy atom. The molecule has 0 saturated carbocycles. The molecule has 1 saturated heterocycles. The number of carbonyl (C=O) groups is 2. The summed E-state index contributed by atoms with van der Waals surface area (Å²) in [5.74, 6) is -0.366. The second-order valence-corrected chi connectivity index (χ2v) is 9.15. The number of ether oxygens (including phenoxy) is 1. The number of sulfonamides is 1. The second kappa shape index (κ2) is 10.4. The highest BCUT2D eigenvalue weighted by molar-refractivity contribution is 7.89. The molecule has 1 fully saturated rings. The largest absolute Gasteiger partial charge is 0.497 e. The van der Waals surface area contributed by atoms with E-state index in [1.807, 2.05) is 0 Å². The summed E-state index contributed by atoms with van der Waals surface area (Å²) in [4.78, 5) is 28.6. The fourth-order valence-corrected chi connectivity index (χ4v) is 4.90. The van der Waals surface area contributed by atoms with Gasteiger partial charge in [0.05, 0.1) is 29.8 Å². The highest BCUT2D eigenvalue weighted by atomic mass is 32.2. The summed E-state index contributed by atoms with van der Waals surface area (Å²) < 4.78 is 32.3. The van der Waals surface area contributed by atoms with Crippen LogP contribution in [0.25, 0.3) is 0 Å². The van der Waals surface area contributed by atoms with Gasteiger partial charge in [0.15, 0.2) is 0 Å². The topological polar surface area (TPSA) is 118 Å². The Bertz CT molecular complexity index is 996. The van der Waals surface area contributed by atoms with Crippen molar-refractivity contribution in [1.29, 1.82) is 0 Å². The van der Waals surface area contributed by atoms with E-state index in [1.165, 1.54) is 29.7 Å². The van der Waals surface area contributed by atoms with Crippen LogP contribution in [0, 0.1) is 5.92 Å². The minimum Gasteiger partial charge on any atom is -0.497 e. The maximum absolute atomic E-state index is 12.9.